The zero-order valence-corrected chi connectivity index (χ0v) is 41.3. The first-order valence-electron chi connectivity index (χ1n) is 21.1. The molecule has 0 radical (unpaired) electrons. The summed E-state index contributed by atoms with van der Waals surface area (Å²) in [7, 11) is 4.28. The molecule has 1 aliphatic carbocycles. The summed E-state index contributed by atoms with van der Waals surface area (Å²) in [6.07, 6.45) is 9.33. The summed E-state index contributed by atoms with van der Waals surface area (Å²) in [6.45, 7) is 15.9. The van der Waals surface area contributed by atoms with Crippen molar-refractivity contribution in [3.63, 3.8) is 0 Å². The summed E-state index contributed by atoms with van der Waals surface area (Å²) in [5.41, 5.74) is 3.18. The number of allylic oxidation sites excluding steroid dienone is 6. The number of fused-ring (bicyclic) bond motifs is 2. The molecule has 18 nitrogen and oxygen atoms in total. The van der Waals surface area contributed by atoms with Gasteiger partial charge in [-0.1, -0.05) is 58.0 Å². The zero-order valence-electron chi connectivity index (χ0n) is 37.4. The van der Waals surface area contributed by atoms with E-state index in [-0.39, 0.29) is 11.1 Å². The third kappa shape index (κ3) is 11.3. The number of thiazole rings is 2. The second-order valence-corrected chi connectivity index (χ2v) is 19.0. The fourth-order valence-corrected chi connectivity index (χ4v) is 9.79. The smallest absolute Gasteiger partial charge is 0.289 e. The van der Waals surface area contributed by atoms with Gasteiger partial charge in [-0.3, -0.25) is 14.2 Å². The second-order valence-electron chi connectivity index (χ2n) is 15.8. The third-order valence-corrected chi connectivity index (χ3v) is 13.4. The van der Waals surface area contributed by atoms with E-state index in [1.807, 2.05) is 45.0 Å². The van der Waals surface area contributed by atoms with E-state index in [1.54, 1.807) is 25.1 Å². The van der Waals surface area contributed by atoms with Crippen molar-refractivity contribution in [3.8, 4) is 5.69 Å². The van der Waals surface area contributed by atoms with Crippen LogP contribution in [0.4, 0.5) is 27.7 Å². The number of para-hydroxylation sites is 1. The van der Waals surface area contributed by atoms with Gasteiger partial charge < -0.3 is 30.7 Å². The lowest BCUT2D eigenvalue weighted by Gasteiger charge is -2.33. The first-order valence-corrected chi connectivity index (χ1v) is 23.9. The van der Waals surface area contributed by atoms with Crippen molar-refractivity contribution in [2.24, 2.45) is 0 Å². The highest BCUT2D eigenvalue weighted by Gasteiger charge is 2.25. The predicted octanol–water partition coefficient (Wildman–Crippen LogP) is 6.99. The minimum absolute atomic E-state index is 0.209. The van der Waals surface area contributed by atoms with E-state index in [0.29, 0.717) is 80.8 Å². The quantitative estimate of drug-likeness (QED) is 0.109. The Morgan fingerprint density at radius 1 is 0.701 bits per heavy atom. The molecule has 0 saturated carbocycles. The minimum atomic E-state index is -0.257. The van der Waals surface area contributed by atoms with Crippen LogP contribution in [-0.2, 0) is 0 Å². The Hall–Kier alpha value is -5.80. The van der Waals surface area contributed by atoms with Gasteiger partial charge in [-0.05, 0) is 65.0 Å². The van der Waals surface area contributed by atoms with E-state index < -0.39 is 0 Å². The molecule has 0 spiro atoms. The van der Waals surface area contributed by atoms with Gasteiger partial charge >= 0.3 is 0 Å². The number of aryl methyl sites for hydroxylation is 3. The fraction of sp³-hybridized carbons (Fsp3) is 0.318. The van der Waals surface area contributed by atoms with E-state index in [4.69, 9.17) is 34.8 Å². The predicted molar refractivity (Wildman–Crippen MR) is 270 cm³/mol. The van der Waals surface area contributed by atoms with E-state index >= 15 is 0 Å². The maximum atomic E-state index is 13.2. The molecule has 346 valence electrons. The van der Waals surface area contributed by atoms with E-state index in [2.05, 4.69) is 90.7 Å². The van der Waals surface area contributed by atoms with Crippen LogP contribution < -0.4 is 32.0 Å². The van der Waals surface area contributed by atoms with Crippen LogP contribution in [0.25, 0.3) is 32.1 Å². The van der Waals surface area contributed by atoms with E-state index in [1.165, 1.54) is 57.6 Å². The van der Waals surface area contributed by atoms with Crippen LogP contribution in [0.5, 0.6) is 0 Å². The highest BCUT2D eigenvalue weighted by atomic mass is 35.5. The fourth-order valence-electron chi connectivity index (χ4n) is 7.24. The molecule has 2 saturated heterocycles. The highest BCUT2D eigenvalue weighted by molar-refractivity contribution is 7.22. The van der Waals surface area contributed by atoms with Gasteiger partial charge in [0.15, 0.2) is 27.3 Å². The van der Waals surface area contributed by atoms with Crippen molar-refractivity contribution in [2.75, 3.05) is 82.0 Å². The zero-order chi connectivity index (χ0) is 47.4. The topological polar surface area (TPSA) is 193 Å². The number of likely N-dealkylation sites (N-methyl/N-ethyl adjacent to an activating group) is 2. The van der Waals surface area contributed by atoms with Crippen LogP contribution in [0.1, 0.15) is 24.1 Å². The molecule has 8 heterocycles. The molecule has 1 aromatic carbocycles. The summed E-state index contributed by atoms with van der Waals surface area (Å²) in [4.78, 5) is 67.9. The lowest BCUT2D eigenvalue weighted by atomic mass is 10.1. The van der Waals surface area contributed by atoms with Crippen LogP contribution in [-0.4, -0.2) is 125 Å². The van der Waals surface area contributed by atoms with Crippen LogP contribution in [0.15, 0.2) is 75.3 Å². The number of rotatable bonds is 7. The summed E-state index contributed by atoms with van der Waals surface area (Å²) in [6, 6.07) is 9.02. The van der Waals surface area contributed by atoms with Crippen LogP contribution >= 0.6 is 57.5 Å². The molecule has 67 heavy (non-hydrogen) atoms. The van der Waals surface area contributed by atoms with Gasteiger partial charge in [-0.2, -0.15) is 9.97 Å². The lowest BCUT2D eigenvalue weighted by Crippen LogP contribution is -2.44. The number of benzene rings is 1. The van der Waals surface area contributed by atoms with E-state index in [0.717, 1.165) is 56.2 Å². The third-order valence-electron chi connectivity index (χ3n) is 10.7. The number of anilines is 5. The molecule has 2 fully saturated rings. The summed E-state index contributed by atoms with van der Waals surface area (Å²) in [5.74, 6) is 3.21. The van der Waals surface area contributed by atoms with Gasteiger partial charge in [-0.15, -0.1) is 0 Å². The number of hydrogen-bond acceptors (Lipinski definition) is 18. The molecule has 7 aromatic rings. The summed E-state index contributed by atoms with van der Waals surface area (Å²) in [5, 5.41) is 11.7. The van der Waals surface area contributed by atoms with Crippen LogP contribution in [0, 0.1) is 26.8 Å². The van der Waals surface area contributed by atoms with Crippen LogP contribution in [0.3, 0.4) is 0 Å². The van der Waals surface area contributed by atoms with Crippen molar-refractivity contribution >= 4 is 112 Å². The number of nitrogens with one attached hydrogen (secondary N) is 3. The normalized spacial score (nSPS) is 15.4. The highest BCUT2D eigenvalue weighted by Crippen LogP contribution is 2.31. The SMILES string of the molecule is CC1=C(n2cnc3nc(Nc4cc(Cl)nc(C)n4)sc3c2=O)C(Cl)=[C+]C=C1.CN1CCNCC1.Cc1nc(Nc2nc3ncn(-c4c(C)cccc4Cl)c(=O)c3s2)cc(N2CCN(C)CC2)n1. The molecular formula is C44H46Cl3N16O2S2+. The van der Waals surface area contributed by atoms with Crippen molar-refractivity contribution in [2.45, 2.75) is 27.7 Å². The monoisotopic (exact) mass is 999 g/mol. The molecule has 0 amide bonds. The van der Waals surface area contributed by atoms with Crippen LogP contribution in [0.2, 0.25) is 10.2 Å². The first-order chi connectivity index (χ1) is 32.2. The summed E-state index contributed by atoms with van der Waals surface area (Å²) >= 11 is 21.0. The van der Waals surface area contributed by atoms with Crippen molar-refractivity contribution < 1.29 is 0 Å². The van der Waals surface area contributed by atoms with Gasteiger partial charge in [0.25, 0.3) is 11.1 Å². The van der Waals surface area contributed by atoms with Gasteiger partial charge in [0, 0.05) is 64.5 Å². The lowest BCUT2D eigenvalue weighted by molar-refractivity contribution is 0.291. The number of halogens is 3. The Kier molecular flexibility index (Phi) is 15.0. The number of hydrogen-bond donors (Lipinski definition) is 3. The van der Waals surface area contributed by atoms with Crippen molar-refractivity contribution in [1.29, 1.82) is 0 Å². The second kappa shape index (κ2) is 21.0. The Bertz CT molecular complexity index is 3130. The standard InChI is InChI=1S/C22H23ClN8OS.C17H10Cl2N6OS.C5H12N2/c1-13-5-4-6-15(23)18(13)31-12-24-20-19(21(31)32)33-22(28-20)27-16-11-17(26-14(2)25-16)30-9-7-29(3)8-10-30;1-8-4-3-5-10(18)13(8)25-7-20-15-14(16(25)26)27-17(24-15)23-12-6-11(19)21-9(2)22-12;1-7-4-2-6-3-5-7/h4-6,11-12H,7-10H2,1-3H3,(H,25,26,27,28);3-4,6-7H,1-2H3;6H,2-5H2,1H3/p+1. The van der Waals surface area contributed by atoms with Gasteiger partial charge in [-0.25, -0.2) is 34.5 Å². The number of nitrogens with zero attached hydrogens (tertiary/aromatic N) is 13. The molecule has 23 heteroatoms. The maximum absolute atomic E-state index is 13.2. The van der Waals surface area contributed by atoms with E-state index in [9.17, 15) is 9.59 Å². The Morgan fingerprint density at radius 3 is 1.87 bits per heavy atom. The first kappa shape index (κ1) is 47.7. The molecule has 3 N–H and O–H groups in total. The largest absolute Gasteiger partial charge is 0.354 e. The summed E-state index contributed by atoms with van der Waals surface area (Å²) < 4.78 is 3.73. The molecular weight excluding hydrogens is 955 g/mol. The molecule has 0 bridgehead atoms. The van der Waals surface area contributed by atoms with Crippen molar-refractivity contribution in [3.05, 3.63) is 120 Å². The maximum Gasteiger partial charge on any atom is 0.289 e. The Labute approximate surface area is 408 Å². The van der Waals surface area contributed by atoms with Gasteiger partial charge in [0.05, 0.1) is 28.4 Å². The molecule has 10 rings (SSSR count). The molecule has 0 unspecified atom stereocenters. The van der Waals surface area contributed by atoms with Gasteiger partial charge in [0.1, 0.15) is 62.4 Å². The number of piperazine rings is 2. The minimum Gasteiger partial charge on any atom is -0.354 e. The van der Waals surface area contributed by atoms with Crippen molar-refractivity contribution in [1.82, 2.24) is 64.1 Å². The molecule has 0 atom stereocenters. The number of aromatic nitrogens is 10. The van der Waals surface area contributed by atoms with Gasteiger partial charge in [0.2, 0.25) is 5.03 Å². The Balaban J connectivity index is 0.000000161. The molecule has 2 aliphatic heterocycles. The molecule has 3 aliphatic rings. The average molecular weight is 1000 g/mol. The molecule has 6 aromatic heterocycles. The Morgan fingerprint density at radius 2 is 1.28 bits per heavy atom. The average Bonchev–Trinajstić information content (AvgIpc) is 3.90.